The van der Waals surface area contributed by atoms with Crippen molar-refractivity contribution < 1.29 is 53.8 Å². The smallest absolute Gasteiger partial charge is 0.426 e. The first-order chi connectivity index (χ1) is 17.1. The highest BCUT2D eigenvalue weighted by Crippen LogP contribution is 2.38. The lowest BCUT2D eigenvalue weighted by Crippen LogP contribution is -2.52. The number of piperazine rings is 1. The molecular formula is C22H24F9N3O3. The molecule has 2 atom stereocenters. The molecule has 2 bridgehead atoms. The van der Waals surface area contributed by atoms with E-state index in [0.29, 0.717) is 24.3 Å². The number of nitrogens with zero attached hydrogens (tertiary/aromatic N) is 3. The second kappa shape index (κ2) is 10.0. The third kappa shape index (κ3) is 6.54. The quantitative estimate of drug-likeness (QED) is 0.505. The Bertz CT molecular complexity index is 949. The minimum Gasteiger partial charge on any atom is -0.426 e. The second-order valence-corrected chi connectivity index (χ2v) is 9.31. The molecule has 4 rings (SSSR count). The number of alkyl halides is 9. The summed E-state index contributed by atoms with van der Waals surface area (Å²) < 4.78 is 126. The molecule has 15 heteroatoms. The van der Waals surface area contributed by atoms with E-state index in [2.05, 4.69) is 4.74 Å². The van der Waals surface area contributed by atoms with Crippen molar-refractivity contribution in [3.63, 3.8) is 0 Å². The van der Waals surface area contributed by atoms with Crippen LogP contribution in [0.3, 0.4) is 0 Å². The summed E-state index contributed by atoms with van der Waals surface area (Å²) in [6, 6.07) is 3.42. The van der Waals surface area contributed by atoms with Gasteiger partial charge < -0.3 is 19.3 Å². The molecule has 3 saturated heterocycles. The van der Waals surface area contributed by atoms with Crippen LogP contribution in [0.1, 0.15) is 24.0 Å². The molecule has 0 saturated carbocycles. The molecule has 1 amide bonds. The van der Waals surface area contributed by atoms with Gasteiger partial charge in [-0.2, -0.15) is 39.5 Å². The molecule has 0 N–H and O–H groups in total. The van der Waals surface area contributed by atoms with Crippen molar-refractivity contribution in [2.24, 2.45) is 0 Å². The van der Waals surface area contributed by atoms with Gasteiger partial charge in [0.1, 0.15) is 0 Å². The Labute approximate surface area is 205 Å². The highest BCUT2D eigenvalue weighted by atomic mass is 19.4. The third-order valence-electron chi connectivity index (χ3n) is 6.63. The average molecular weight is 549 g/mol. The zero-order valence-electron chi connectivity index (χ0n) is 19.3. The second-order valence-electron chi connectivity index (χ2n) is 9.31. The number of ether oxygens (including phenoxy) is 2. The Kier molecular flexibility index (Phi) is 7.49. The van der Waals surface area contributed by atoms with Crippen LogP contribution in [-0.2, 0) is 22.2 Å². The molecule has 1 aromatic rings. The summed E-state index contributed by atoms with van der Waals surface area (Å²) in [7, 11) is 0. The van der Waals surface area contributed by atoms with Gasteiger partial charge in [0, 0.05) is 51.5 Å². The Hall–Kier alpha value is -2.42. The molecule has 6 nitrogen and oxygen atoms in total. The highest BCUT2D eigenvalue weighted by Gasteiger charge is 2.60. The molecule has 0 aromatic heterocycles. The zero-order chi connectivity index (χ0) is 27.2. The predicted molar refractivity (Wildman–Crippen MR) is 111 cm³/mol. The van der Waals surface area contributed by atoms with Crippen molar-refractivity contribution in [2.75, 3.05) is 44.2 Å². The number of anilines is 1. The van der Waals surface area contributed by atoms with E-state index in [0.717, 1.165) is 29.9 Å². The lowest BCUT2D eigenvalue weighted by Gasteiger charge is -2.38. The van der Waals surface area contributed by atoms with Crippen LogP contribution in [0.4, 0.5) is 50.0 Å². The molecule has 37 heavy (non-hydrogen) atoms. The van der Waals surface area contributed by atoms with Crippen LogP contribution in [0.25, 0.3) is 0 Å². The summed E-state index contributed by atoms with van der Waals surface area (Å²) in [6.45, 7) is 0.780. The lowest BCUT2D eigenvalue weighted by atomic mass is 10.1. The van der Waals surface area contributed by atoms with E-state index >= 15 is 0 Å². The van der Waals surface area contributed by atoms with Gasteiger partial charge in [-0.25, -0.2) is 4.79 Å². The van der Waals surface area contributed by atoms with Gasteiger partial charge in [0.25, 0.3) is 6.10 Å². The normalized spacial score (nSPS) is 23.6. The van der Waals surface area contributed by atoms with Crippen molar-refractivity contribution >= 4 is 11.8 Å². The van der Waals surface area contributed by atoms with Gasteiger partial charge in [0.15, 0.2) is 0 Å². The molecule has 3 aliphatic heterocycles. The standard InChI is InChI=1S/C22H24F9N3O3/c23-20(24,25)14-2-1-13(17(9-14)34-11-15-3-4-16(12-34)36-15)10-32-5-7-33(8-6-32)19(35)37-18(21(26,27)28)22(29,30)31/h1-2,9,15-16,18H,3-8,10-12H2. The van der Waals surface area contributed by atoms with Crippen LogP contribution in [0.5, 0.6) is 0 Å². The molecule has 208 valence electrons. The number of benzene rings is 1. The molecular weight excluding hydrogens is 525 g/mol. The van der Waals surface area contributed by atoms with Crippen LogP contribution in [0, 0.1) is 0 Å². The van der Waals surface area contributed by atoms with Gasteiger partial charge in [0.05, 0.1) is 17.8 Å². The fraction of sp³-hybridized carbons (Fsp3) is 0.682. The summed E-state index contributed by atoms with van der Waals surface area (Å²) in [4.78, 5) is 16.4. The molecule has 1 aromatic carbocycles. The predicted octanol–water partition coefficient (Wildman–Crippen LogP) is 4.82. The number of carbonyl (C=O) groups is 1. The van der Waals surface area contributed by atoms with Gasteiger partial charge in [-0.15, -0.1) is 0 Å². The number of amides is 1. The van der Waals surface area contributed by atoms with Gasteiger partial charge >= 0.3 is 24.6 Å². The number of hydrogen-bond acceptors (Lipinski definition) is 5. The molecule has 0 radical (unpaired) electrons. The van der Waals surface area contributed by atoms with Gasteiger partial charge in [-0.05, 0) is 30.5 Å². The number of halogens is 9. The first-order valence-corrected chi connectivity index (χ1v) is 11.5. The number of carbonyl (C=O) groups excluding carboxylic acids is 1. The van der Waals surface area contributed by atoms with E-state index in [1.807, 2.05) is 4.90 Å². The van der Waals surface area contributed by atoms with Crippen molar-refractivity contribution in [2.45, 2.75) is 56.2 Å². The van der Waals surface area contributed by atoms with Crippen LogP contribution in [-0.4, -0.2) is 85.8 Å². The van der Waals surface area contributed by atoms with Crippen LogP contribution >= 0.6 is 0 Å². The van der Waals surface area contributed by atoms with Crippen LogP contribution in [0.15, 0.2) is 18.2 Å². The van der Waals surface area contributed by atoms with E-state index in [1.165, 1.54) is 6.07 Å². The zero-order valence-corrected chi connectivity index (χ0v) is 19.3. The monoisotopic (exact) mass is 549 g/mol. The van der Waals surface area contributed by atoms with Crippen molar-refractivity contribution in [1.82, 2.24) is 9.80 Å². The largest absolute Gasteiger partial charge is 0.434 e. The number of hydrogen-bond donors (Lipinski definition) is 0. The lowest BCUT2D eigenvalue weighted by molar-refractivity contribution is -0.308. The molecule has 0 spiro atoms. The summed E-state index contributed by atoms with van der Waals surface area (Å²) in [5.41, 5.74) is 0.177. The molecule has 3 aliphatic rings. The third-order valence-corrected chi connectivity index (χ3v) is 6.63. The first-order valence-electron chi connectivity index (χ1n) is 11.5. The summed E-state index contributed by atoms with van der Waals surface area (Å²) >= 11 is 0. The van der Waals surface area contributed by atoms with E-state index < -0.39 is 36.3 Å². The van der Waals surface area contributed by atoms with Gasteiger partial charge in [0.2, 0.25) is 0 Å². The Morgan fingerprint density at radius 3 is 2.00 bits per heavy atom. The van der Waals surface area contributed by atoms with Gasteiger partial charge in [-0.3, -0.25) is 4.90 Å². The number of rotatable bonds is 4. The van der Waals surface area contributed by atoms with E-state index in [4.69, 9.17) is 4.74 Å². The minimum absolute atomic E-state index is 0.0760. The number of morpholine rings is 1. The van der Waals surface area contributed by atoms with E-state index in [-0.39, 0.29) is 44.9 Å². The van der Waals surface area contributed by atoms with Crippen LogP contribution in [0.2, 0.25) is 0 Å². The topological polar surface area (TPSA) is 45.2 Å². The van der Waals surface area contributed by atoms with E-state index in [9.17, 15) is 44.3 Å². The van der Waals surface area contributed by atoms with Crippen molar-refractivity contribution in [3.8, 4) is 0 Å². The minimum atomic E-state index is -5.81. The van der Waals surface area contributed by atoms with Crippen LogP contribution < -0.4 is 4.90 Å². The van der Waals surface area contributed by atoms with Crippen molar-refractivity contribution in [1.29, 1.82) is 0 Å². The highest BCUT2D eigenvalue weighted by molar-refractivity contribution is 5.68. The maximum absolute atomic E-state index is 13.4. The summed E-state index contributed by atoms with van der Waals surface area (Å²) in [6.07, 6.45) is -20.7. The Balaban J connectivity index is 1.42. The number of fused-ring (bicyclic) bond motifs is 2. The molecule has 2 unspecified atom stereocenters. The maximum Gasteiger partial charge on any atom is 0.434 e. The fourth-order valence-electron chi connectivity index (χ4n) is 4.80. The SMILES string of the molecule is O=C(OC(C(F)(F)F)C(F)(F)F)N1CCN(Cc2ccc(C(F)(F)F)cc2N2CC3CCC(C2)O3)CC1. The molecule has 0 aliphatic carbocycles. The Morgan fingerprint density at radius 2 is 1.49 bits per heavy atom. The maximum atomic E-state index is 13.4. The molecule has 3 fully saturated rings. The first kappa shape index (κ1) is 27.6. The average Bonchev–Trinajstić information content (AvgIpc) is 3.13. The molecule has 3 heterocycles. The summed E-state index contributed by atoms with van der Waals surface area (Å²) in [5.74, 6) is 0. The van der Waals surface area contributed by atoms with Crippen molar-refractivity contribution in [3.05, 3.63) is 29.3 Å². The Morgan fingerprint density at radius 1 is 0.919 bits per heavy atom. The summed E-state index contributed by atoms with van der Waals surface area (Å²) in [5, 5.41) is 0. The van der Waals surface area contributed by atoms with Gasteiger partial charge in [-0.1, -0.05) is 6.07 Å². The van der Waals surface area contributed by atoms with E-state index in [1.54, 1.807) is 4.90 Å². The fourth-order valence-corrected chi connectivity index (χ4v) is 4.80.